The molecule has 3 aromatic carbocycles. The Labute approximate surface area is 189 Å². The lowest BCUT2D eigenvalue weighted by Gasteiger charge is -2.08. The number of nitrogens with one attached hydrogen (secondary N) is 1. The minimum absolute atomic E-state index is 0.0803. The second-order valence-corrected chi connectivity index (χ2v) is 9.20. The average molecular weight is 453 g/mol. The van der Waals surface area contributed by atoms with Crippen LogP contribution in [0.2, 0.25) is 5.02 Å². The molecule has 0 saturated carbocycles. The van der Waals surface area contributed by atoms with E-state index in [0.717, 1.165) is 39.8 Å². The van der Waals surface area contributed by atoms with Gasteiger partial charge in [-0.1, -0.05) is 73.5 Å². The summed E-state index contributed by atoms with van der Waals surface area (Å²) in [6, 6.07) is 20.3. The maximum absolute atomic E-state index is 12.5. The van der Waals surface area contributed by atoms with Crippen molar-refractivity contribution < 1.29 is 4.79 Å². The van der Waals surface area contributed by atoms with Gasteiger partial charge in [0.15, 0.2) is 5.13 Å². The zero-order valence-corrected chi connectivity index (χ0v) is 18.9. The number of halogens is 1. The lowest BCUT2D eigenvalue weighted by atomic mass is 10.1. The van der Waals surface area contributed by atoms with Gasteiger partial charge in [0.1, 0.15) is 0 Å². The summed E-state index contributed by atoms with van der Waals surface area (Å²) in [7, 11) is 0. The molecule has 1 N–H and O–H groups in total. The van der Waals surface area contributed by atoms with Crippen molar-refractivity contribution in [1.29, 1.82) is 0 Å². The Balaban J connectivity index is 1.40. The Morgan fingerprint density at radius 3 is 2.63 bits per heavy atom. The van der Waals surface area contributed by atoms with E-state index in [1.165, 1.54) is 28.7 Å². The molecule has 3 nitrogen and oxygen atoms in total. The molecular weight excluding hydrogens is 432 g/mol. The molecule has 0 aliphatic heterocycles. The van der Waals surface area contributed by atoms with Crippen LogP contribution >= 0.6 is 34.7 Å². The van der Waals surface area contributed by atoms with Crippen LogP contribution in [0.1, 0.15) is 18.9 Å². The summed E-state index contributed by atoms with van der Waals surface area (Å²) in [4.78, 5) is 18.0. The highest BCUT2D eigenvalue weighted by molar-refractivity contribution is 8.00. The molecule has 0 unspecified atom stereocenters. The quantitative estimate of drug-likeness (QED) is 0.299. The minimum atomic E-state index is -0.0803. The van der Waals surface area contributed by atoms with Gasteiger partial charge in [-0.15, -0.1) is 23.1 Å². The highest BCUT2D eigenvalue weighted by Gasteiger charge is 2.11. The normalized spacial score (nSPS) is 11.0. The first-order valence-electron chi connectivity index (χ1n) is 9.79. The fourth-order valence-corrected chi connectivity index (χ4v) is 5.26. The number of carbonyl (C=O) groups excluding carboxylic acids is 1. The van der Waals surface area contributed by atoms with E-state index in [-0.39, 0.29) is 5.91 Å². The third kappa shape index (κ3) is 4.86. The van der Waals surface area contributed by atoms with Gasteiger partial charge in [-0.05, 0) is 29.5 Å². The smallest absolute Gasteiger partial charge is 0.236 e. The molecule has 0 saturated heterocycles. The molecule has 0 bridgehead atoms. The van der Waals surface area contributed by atoms with E-state index in [1.807, 2.05) is 41.8 Å². The number of thiazole rings is 1. The Hall–Kier alpha value is -2.34. The number of anilines is 1. The number of aryl methyl sites for hydroxylation is 1. The van der Waals surface area contributed by atoms with Crippen molar-refractivity contribution in [3.05, 3.63) is 76.6 Å². The Bertz CT molecular complexity index is 1170. The predicted molar refractivity (Wildman–Crippen MR) is 130 cm³/mol. The van der Waals surface area contributed by atoms with Crippen molar-refractivity contribution in [2.75, 3.05) is 11.1 Å². The molecule has 6 heteroatoms. The van der Waals surface area contributed by atoms with Crippen LogP contribution in [0.3, 0.4) is 0 Å². The van der Waals surface area contributed by atoms with Gasteiger partial charge in [-0.3, -0.25) is 4.79 Å². The van der Waals surface area contributed by atoms with Crippen LogP contribution < -0.4 is 5.32 Å². The number of amides is 1. The topological polar surface area (TPSA) is 42.0 Å². The van der Waals surface area contributed by atoms with E-state index in [2.05, 4.69) is 41.5 Å². The molecule has 4 rings (SSSR count). The van der Waals surface area contributed by atoms with Crippen molar-refractivity contribution in [1.82, 2.24) is 4.98 Å². The Morgan fingerprint density at radius 2 is 1.87 bits per heavy atom. The molecule has 0 spiro atoms. The summed E-state index contributed by atoms with van der Waals surface area (Å²) in [5.74, 6) is 0.216. The van der Waals surface area contributed by atoms with Crippen molar-refractivity contribution in [2.45, 2.75) is 24.7 Å². The molecule has 0 aliphatic carbocycles. The van der Waals surface area contributed by atoms with Gasteiger partial charge in [0.2, 0.25) is 5.91 Å². The van der Waals surface area contributed by atoms with Crippen LogP contribution in [0.25, 0.3) is 22.0 Å². The van der Waals surface area contributed by atoms with E-state index in [9.17, 15) is 4.79 Å². The average Bonchev–Trinajstić information content (AvgIpc) is 3.21. The fourth-order valence-electron chi connectivity index (χ4n) is 3.28. The zero-order valence-electron chi connectivity index (χ0n) is 16.5. The summed E-state index contributed by atoms with van der Waals surface area (Å²) >= 11 is 9.29. The van der Waals surface area contributed by atoms with E-state index in [0.29, 0.717) is 15.9 Å². The molecule has 1 aromatic heterocycles. The number of aromatic nitrogens is 1. The predicted octanol–water partition coefficient (Wildman–Crippen LogP) is 7.30. The Morgan fingerprint density at radius 1 is 1.10 bits per heavy atom. The van der Waals surface area contributed by atoms with Crippen molar-refractivity contribution >= 4 is 56.5 Å². The number of benzene rings is 3. The second kappa shape index (κ2) is 9.65. The molecular formula is C24H21ClN2OS2. The summed E-state index contributed by atoms with van der Waals surface area (Å²) < 4.78 is 0. The van der Waals surface area contributed by atoms with E-state index < -0.39 is 0 Å². The monoisotopic (exact) mass is 452 g/mol. The standard InChI is InChI=1S/C24H21ClN2OS2/c1-2-5-16-10-12-17(13-11-16)20-14-30-24(26-20)27-22(28)15-29-21-9-4-7-18-6-3-8-19(25)23(18)21/h3-4,6-14H,2,5,15H2,1H3,(H,26,27,28). The van der Waals surface area contributed by atoms with Crippen LogP contribution in [0, 0.1) is 0 Å². The maximum Gasteiger partial charge on any atom is 0.236 e. The molecule has 0 aliphatic rings. The van der Waals surface area contributed by atoms with Crippen LogP contribution in [0.15, 0.2) is 70.9 Å². The minimum Gasteiger partial charge on any atom is -0.301 e. The van der Waals surface area contributed by atoms with Crippen LogP contribution in [0.5, 0.6) is 0 Å². The van der Waals surface area contributed by atoms with Gasteiger partial charge in [0, 0.05) is 26.2 Å². The first-order chi connectivity index (χ1) is 14.6. The largest absolute Gasteiger partial charge is 0.301 e. The molecule has 152 valence electrons. The van der Waals surface area contributed by atoms with E-state index >= 15 is 0 Å². The van der Waals surface area contributed by atoms with Crippen molar-refractivity contribution in [3.63, 3.8) is 0 Å². The Kier molecular flexibility index (Phi) is 6.72. The van der Waals surface area contributed by atoms with Gasteiger partial charge in [0.05, 0.1) is 11.4 Å². The fraction of sp³-hybridized carbons (Fsp3) is 0.167. The number of fused-ring (bicyclic) bond motifs is 1. The SMILES string of the molecule is CCCc1ccc(-c2csc(NC(=O)CSc3cccc4cccc(Cl)c34)n2)cc1. The van der Waals surface area contributed by atoms with Crippen LogP contribution in [-0.4, -0.2) is 16.6 Å². The van der Waals surface area contributed by atoms with E-state index in [1.54, 1.807) is 0 Å². The molecule has 1 heterocycles. The van der Waals surface area contributed by atoms with Gasteiger partial charge in [0.25, 0.3) is 0 Å². The highest BCUT2D eigenvalue weighted by Crippen LogP contribution is 2.33. The molecule has 1 amide bonds. The molecule has 0 fully saturated rings. The number of carbonyl (C=O) groups is 1. The molecule has 0 atom stereocenters. The first-order valence-corrected chi connectivity index (χ1v) is 12.0. The lowest BCUT2D eigenvalue weighted by molar-refractivity contribution is -0.113. The number of nitrogens with zero attached hydrogens (tertiary/aromatic N) is 1. The van der Waals surface area contributed by atoms with Gasteiger partial charge >= 0.3 is 0 Å². The molecule has 30 heavy (non-hydrogen) atoms. The van der Waals surface area contributed by atoms with Crippen LogP contribution in [0.4, 0.5) is 5.13 Å². The number of thioether (sulfide) groups is 1. The molecule has 0 radical (unpaired) electrons. The third-order valence-electron chi connectivity index (χ3n) is 4.71. The maximum atomic E-state index is 12.5. The summed E-state index contributed by atoms with van der Waals surface area (Å²) in [5.41, 5.74) is 3.27. The summed E-state index contributed by atoms with van der Waals surface area (Å²) in [5, 5.41) is 8.26. The number of rotatable bonds is 7. The number of hydrogen-bond donors (Lipinski definition) is 1. The summed E-state index contributed by atoms with van der Waals surface area (Å²) in [6.45, 7) is 2.18. The van der Waals surface area contributed by atoms with Gasteiger partial charge in [-0.25, -0.2) is 4.98 Å². The van der Waals surface area contributed by atoms with E-state index in [4.69, 9.17) is 11.6 Å². The van der Waals surface area contributed by atoms with Crippen molar-refractivity contribution in [2.24, 2.45) is 0 Å². The first kappa shape index (κ1) is 20.9. The summed E-state index contributed by atoms with van der Waals surface area (Å²) in [6.07, 6.45) is 2.22. The number of hydrogen-bond acceptors (Lipinski definition) is 4. The molecule has 4 aromatic rings. The van der Waals surface area contributed by atoms with Crippen LogP contribution in [-0.2, 0) is 11.2 Å². The van der Waals surface area contributed by atoms with Crippen molar-refractivity contribution in [3.8, 4) is 11.3 Å². The lowest BCUT2D eigenvalue weighted by Crippen LogP contribution is -2.13. The third-order valence-corrected chi connectivity index (χ3v) is 6.84. The van der Waals surface area contributed by atoms with Gasteiger partial charge in [-0.2, -0.15) is 0 Å². The highest BCUT2D eigenvalue weighted by atomic mass is 35.5. The second-order valence-electron chi connectivity index (χ2n) is 6.92. The van der Waals surface area contributed by atoms with Gasteiger partial charge < -0.3 is 5.32 Å². The zero-order chi connectivity index (χ0) is 20.9.